The Balaban J connectivity index is 1.28. The number of aromatic nitrogens is 3. The van der Waals surface area contributed by atoms with Crippen LogP contribution in [0.4, 0.5) is 35.3 Å². The molecule has 3 amide bonds. The van der Waals surface area contributed by atoms with E-state index in [0.29, 0.717) is 31.0 Å². The predicted molar refractivity (Wildman–Crippen MR) is 131 cm³/mol. The Hall–Kier alpha value is -4.30. The van der Waals surface area contributed by atoms with Gasteiger partial charge in [-0.15, -0.1) is 10.2 Å². The fourth-order valence-electron chi connectivity index (χ4n) is 4.36. The molecular weight excluding hydrogens is 523 g/mol. The standard InChI is InChI=1S/C24H26F3N7O5/c1-13(24(25,26)27)28-21(35)16-4-5-17-20(29-16)34(14-8-9-33(17)10-14)22(36)30-18-6-7-19(32-31-18)37-11-15-12-38-23(2,3)39-15/h4-7,12-14H,8-11H2,1-3H3,(H,28,35)(H,30,31,36)/t13-,14+/m1/s1. The summed E-state index contributed by atoms with van der Waals surface area (Å²) in [7, 11) is 0. The number of amides is 3. The molecule has 0 spiro atoms. The quantitative estimate of drug-likeness (QED) is 0.558. The molecule has 2 atom stereocenters. The molecule has 39 heavy (non-hydrogen) atoms. The van der Waals surface area contributed by atoms with Gasteiger partial charge in [-0.1, -0.05) is 0 Å². The number of nitrogens with one attached hydrogen (secondary N) is 2. The number of hydrogen-bond donors (Lipinski definition) is 2. The highest BCUT2D eigenvalue weighted by molar-refractivity contribution is 6.05. The number of halogens is 3. The van der Waals surface area contributed by atoms with Gasteiger partial charge in [-0.3, -0.25) is 15.0 Å². The summed E-state index contributed by atoms with van der Waals surface area (Å²) in [4.78, 5) is 33.5. The minimum atomic E-state index is -4.60. The topological polar surface area (TPSA) is 131 Å². The maximum Gasteiger partial charge on any atom is 0.408 e. The van der Waals surface area contributed by atoms with E-state index >= 15 is 0 Å². The average Bonchev–Trinajstić information content (AvgIpc) is 3.45. The SMILES string of the molecule is C[C@@H](NC(=O)c1ccc2c(n1)N(C(=O)Nc1ccc(OCC3=COC(C)(C)O3)nn1)[C@H]1CCN2C1)C(F)(F)F. The summed E-state index contributed by atoms with van der Waals surface area (Å²) in [5.74, 6) is -0.752. The highest BCUT2D eigenvalue weighted by Crippen LogP contribution is 2.39. The first kappa shape index (κ1) is 26.3. The van der Waals surface area contributed by atoms with Crippen LogP contribution in [0.15, 0.2) is 36.3 Å². The smallest absolute Gasteiger partial charge is 0.408 e. The number of nitrogens with zero attached hydrogens (tertiary/aromatic N) is 5. The number of carbonyl (C=O) groups excluding carboxylic acids is 2. The van der Waals surface area contributed by atoms with Gasteiger partial charge in [0, 0.05) is 33.0 Å². The molecule has 2 aromatic heterocycles. The molecule has 0 radical (unpaired) electrons. The third-order valence-electron chi connectivity index (χ3n) is 6.33. The monoisotopic (exact) mass is 549 g/mol. The van der Waals surface area contributed by atoms with Gasteiger partial charge in [-0.05, 0) is 31.5 Å². The number of hydrogen-bond acceptors (Lipinski definition) is 9. The minimum absolute atomic E-state index is 0.0793. The zero-order chi connectivity index (χ0) is 27.9. The van der Waals surface area contributed by atoms with Crippen LogP contribution in [-0.4, -0.2) is 70.9 Å². The molecule has 0 unspecified atom stereocenters. The zero-order valence-corrected chi connectivity index (χ0v) is 21.3. The third kappa shape index (κ3) is 5.61. The van der Waals surface area contributed by atoms with E-state index in [-0.39, 0.29) is 35.9 Å². The van der Waals surface area contributed by atoms with Gasteiger partial charge in [0.25, 0.3) is 5.91 Å². The van der Waals surface area contributed by atoms with Crippen LogP contribution < -0.4 is 25.2 Å². The van der Waals surface area contributed by atoms with Crippen molar-refractivity contribution in [2.75, 3.05) is 34.8 Å². The summed E-state index contributed by atoms with van der Waals surface area (Å²) in [5.41, 5.74) is 0.367. The first-order valence-electron chi connectivity index (χ1n) is 12.2. The lowest BCUT2D eigenvalue weighted by atomic mass is 10.1. The summed E-state index contributed by atoms with van der Waals surface area (Å²) < 4.78 is 55.2. The van der Waals surface area contributed by atoms with Crippen LogP contribution in [0.25, 0.3) is 0 Å². The van der Waals surface area contributed by atoms with Crippen molar-refractivity contribution in [3.8, 4) is 5.88 Å². The maximum atomic E-state index is 13.3. The molecule has 5 rings (SSSR count). The Bertz CT molecular complexity index is 1300. The lowest BCUT2D eigenvalue weighted by Crippen LogP contribution is -2.49. The molecule has 5 heterocycles. The van der Waals surface area contributed by atoms with Gasteiger partial charge in [-0.2, -0.15) is 13.2 Å². The van der Waals surface area contributed by atoms with Crippen molar-refractivity contribution >= 4 is 29.3 Å². The van der Waals surface area contributed by atoms with Crippen LogP contribution in [0.1, 0.15) is 37.7 Å². The Kier molecular flexibility index (Phi) is 6.60. The zero-order valence-electron chi connectivity index (χ0n) is 21.3. The third-order valence-corrected chi connectivity index (χ3v) is 6.33. The number of anilines is 3. The van der Waals surface area contributed by atoms with Crippen molar-refractivity contribution < 1.29 is 37.0 Å². The van der Waals surface area contributed by atoms with Gasteiger partial charge in [0.05, 0.1) is 11.7 Å². The molecule has 2 N–H and O–H groups in total. The summed E-state index contributed by atoms with van der Waals surface area (Å²) >= 11 is 0. The normalized spacial score (nSPS) is 19.8. The summed E-state index contributed by atoms with van der Waals surface area (Å²) in [6.07, 6.45) is -2.49. The molecule has 3 aliphatic heterocycles. The first-order valence-corrected chi connectivity index (χ1v) is 12.2. The number of pyridine rings is 1. The second-order valence-corrected chi connectivity index (χ2v) is 9.71. The van der Waals surface area contributed by atoms with Gasteiger partial charge in [0.15, 0.2) is 24.0 Å². The van der Waals surface area contributed by atoms with E-state index in [0.717, 1.165) is 6.92 Å². The summed E-state index contributed by atoms with van der Waals surface area (Å²) in [6.45, 7) is 5.65. The van der Waals surface area contributed by atoms with Gasteiger partial charge >= 0.3 is 12.2 Å². The molecule has 208 valence electrons. The Labute approximate surface area is 221 Å². The van der Waals surface area contributed by atoms with E-state index in [4.69, 9.17) is 14.2 Å². The number of rotatable bonds is 6. The number of urea groups is 1. The van der Waals surface area contributed by atoms with Crippen LogP contribution in [0.3, 0.4) is 0 Å². The van der Waals surface area contributed by atoms with E-state index in [1.54, 1.807) is 19.9 Å². The Morgan fingerprint density at radius 1 is 1.23 bits per heavy atom. The number of carbonyl (C=O) groups is 2. The second-order valence-electron chi connectivity index (χ2n) is 9.71. The molecule has 1 saturated heterocycles. The van der Waals surface area contributed by atoms with Crippen molar-refractivity contribution in [2.24, 2.45) is 0 Å². The van der Waals surface area contributed by atoms with Gasteiger partial charge < -0.3 is 24.4 Å². The molecule has 2 aromatic rings. The van der Waals surface area contributed by atoms with Crippen LogP contribution in [0, 0.1) is 0 Å². The van der Waals surface area contributed by atoms with E-state index in [2.05, 4.69) is 20.5 Å². The first-order chi connectivity index (χ1) is 18.4. The predicted octanol–water partition coefficient (Wildman–Crippen LogP) is 3.19. The van der Waals surface area contributed by atoms with Gasteiger partial charge in [-0.25, -0.2) is 9.78 Å². The van der Waals surface area contributed by atoms with Crippen LogP contribution in [0.5, 0.6) is 5.88 Å². The van der Waals surface area contributed by atoms with Crippen molar-refractivity contribution in [3.05, 3.63) is 42.0 Å². The Morgan fingerprint density at radius 3 is 2.69 bits per heavy atom. The fourth-order valence-corrected chi connectivity index (χ4v) is 4.36. The van der Waals surface area contributed by atoms with Crippen molar-refractivity contribution in [1.82, 2.24) is 20.5 Å². The molecule has 12 nitrogen and oxygen atoms in total. The molecule has 3 aliphatic rings. The van der Waals surface area contributed by atoms with Gasteiger partial charge in [0.1, 0.15) is 18.0 Å². The number of alkyl halides is 3. The molecule has 1 fully saturated rings. The summed E-state index contributed by atoms with van der Waals surface area (Å²) in [5, 5.41) is 12.5. The highest BCUT2D eigenvalue weighted by Gasteiger charge is 2.41. The van der Waals surface area contributed by atoms with Crippen LogP contribution >= 0.6 is 0 Å². The van der Waals surface area contributed by atoms with Crippen molar-refractivity contribution in [1.29, 1.82) is 0 Å². The lowest BCUT2D eigenvalue weighted by molar-refractivity contribution is -0.149. The molecule has 0 aliphatic carbocycles. The summed E-state index contributed by atoms with van der Waals surface area (Å²) in [6, 6.07) is 3.08. The van der Waals surface area contributed by atoms with Crippen LogP contribution in [0.2, 0.25) is 0 Å². The average molecular weight is 550 g/mol. The minimum Gasteiger partial charge on any atom is -0.468 e. The van der Waals surface area contributed by atoms with Crippen LogP contribution in [-0.2, 0) is 9.47 Å². The molecule has 15 heteroatoms. The Morgan fingerprint density at radius 2 is 2.03 bits per heavy atom. The maximum absolute atomic E-state index is 13.3. The van der Waals surface area contributed by atoms with E-state index in [1.165, 1.54) is 29.4 Å². The second kappa shape index (κ2) is 9.78. The van der Waals surface area contributed by atoms with E-state index in [9.17, 15) is 22.8 Å². The number of ether oxygens (including phenoxy) is 3. The molecular formula is C24H26F3N7O5. The molecule has 0 saturated carbocycles. The van der Waals surface area contributed by atoms with E-state index < -0.39 is 29.9 Å². The van der Waals surface area contributed by atoms with Crippen molar-refractivity contribution in [3.63, 3.8) is 0 Å². The molecule has 2 bridgehead atoms. The lowest BCUT2D eigenvalue weighted by Gasteiger charge is -2.35. The molecule has 0 aromatic carbocycles. The fraction of sp³-hybridized carbons (Fsp3) is 0.458. The largest absolute Gasteiger partial charge is 0.468 e. The van der Waals surface area contributed by atoms with Crippen molar-refractivity contribution in [2.45, 2.75) is 51.2 Å². The highest BCUT2D eigenvalue weighted by atomic mass is 19.4. The number of fused-ring (bicyclic) bond motifs is 4. The van der Waals surface area contributed by atoms with Gasteiger partial charge in [0.2, 0.25) is 11.7 Å². The van der Waals surface area contributed by atoms with E-state index in [1.807, 2.05) is 10.2 Å².